The van der Waals surface area contributed by atoms with E-state index in [1.54, 1.807) is 30.3 Å². The van der Waals surface area contributed by atoms with Crippen LogP contribution in [0.3, 0.4) is 0 Å². The van der Waals surface area contributed by atoms with E-state index in [9.17, 15) is 14.4 Å². The highest BCUT2D eigenvalue weighted by molar-refractivity contribution is 6.15. The fourth-order valence-corrected chi connectivity index (χ4v) is 3.22. The predicted molar refractivity (Wildman–Crippen MR) is 97.4 cm³/mol. The minimum Gasteiger partial charge on any atom is -0.481 e. The number of rotatable bonds is 4. The van der Waals surface area contributed by atoms with Gasteiger partial charge in [-0.3, -0.25) is 14.4 Å². The number of carboxylic acids is 1. The second-order valence-electron chi connectivity index (χ2n) is 6.75. The second-order valence-corrected chi connectivity index (χ2v) is 6.75. The molecule has 1 saturated heterocycles. The Hall–Kier alpha value is -2.95. The molecule has 26 heavy (non-hydrogen) atoms. The topological polar surface area (TPSA) is 74.7 Å². The molecule has 1 heterocycles. The van der Waals surface area contributed by atoms with E-state index in [1.807, 2.05) is 26.0 Å². The number of ketones is 1. The van der Waals surface area contributed by atoms with Gasteiger partial charge in [-0.05, 0) is 43.5 Å². The van der Waals surface area contributed by atoms with Crippen LogP contribution in [-0.2, 0) is 4.79 Å². The lowest BCUT2D eigenvalue weighted by atomic mass is 9.95. The van der Waals surface area contributed by atoms with Crippen LogP contribution in [0.25, 0.3) is 0 Å². The summed E-state index contributed by atoms with van der Waals surface area (Å²) in [6, 6.07) is 12.2. The van der Waals surface area contributed by atoms with Crippen LogP contribution < -0.4 is 0 Å². The Morgan fingerprint density at radius 3 is 2.31 bits per heavy atom. The second kappa shape index (κ2) is 7.12. The van der Waals surface area contributed by atoms with E-state index in [0.717, 1.165) is 11.1 Å². The summed E-state index contributed by atoms with van der Waals surface area (Å²) in [5.41, 5.74) is 3.32. The zero-order chi connectivity index (χ0) is 18.8. The third-order valence-electron chi connectivity index (χ3n) is 5.00. The summed E-state index contributed by atoms with van der Waals surface area (Å²) in [4.78, 5) is 38.5. The van der Waals surface area contributed by atoms with Crippen molar-refractivity contribution in [1.82, 2.24) is 4.90 Å². The summed E-state index contributed by atoms with van der Waals surface area (Å²) in [6.45, 7) is 4.50. The van der Waals surface area contributed by atoms with E-state index in [1.165, 1.54) is 4.90 Å². The molecule has 1 N–H and O–H groups in total. The highest BCUT2D eigenvalue weighted by Gasteiger charge is 2.32. The van der Waals surface area contributed by atoms with E-state index in [2.05, 4.69) is 0 Å². The van der Waals surface area contributed by atoms with Crippen molar-refractivity contribution < 1.29 is 19.5 Å². The predicted octanol–water partition coefficient (Wildman–Crippen LogP) is 3.08. The van der Waals surface area contributed by atoms with Crippen molar-refractivity contribution in [3.63, 3.8) is 0 Å². The number of likely N-dealkylation sites (tertiary alicyclic amines) is 1. The number of amides is 1. The van der Waals surface area contributed by atoms with Crippen LogP contribution >= 0.6 is 0 Å². The van der Waals surface area contributed by atoms with Gasteiger partial charge in [-0.1, -0.05) is 30.3 Å². The maximum Gasteiger partial charge on any atom is 0.308 e. The number of carboxylic acid groups (broad SMARTS) is 1. The standard InChI is InChI=1S/C21H21NO4/c1-13-7-8-15(11-14(13)2)19(23)17-5-3-4-6-18(17)20(24)22-10-9-16(12-22)21(25)26/h3-8,11,16H,9-10,12H2,1-2H3,(H,25,26)/t16-/m0/s1. The van der Waals surface area contributed by atoms with Gasteiger partial charge in [-0.25, -0.2) is 0 Å². The zero-order valence-electron chi connectivity index (χ0n) is 14.9. The summed E-state index contributed by atoms with van der Waals surface area (Å²) >= 11 is 0. The summed E-state index contributed by atoms with van der Waals surface area (Å²) < 4.78 is 0. The van der Waals surface area contributed by atoms with Crippen molar-refractivity contribution in [2.75, 3.05) is 13.1 Å². The van der Waals surface area contributed by atoms with Gasteiger partial charge in [-0.2, -0.15) is 0 Å². The maximum atomic E-state index is 13.0. The third-order valence-corrected chi connectivity index (χ3v) is 5.00. The summed E-state index contributed by atoms with van der Waals surface area (Å²) in [5.74, 6) is -1.92. The number of aryl methyl sites for hydroxylation is 2. The number of hydrogen-bond acceptors (Lipinski definition) is 3. The van der Waals surface area contributed by atoms with E-state index >= 15 is 0 Å². The van der Waals surface area contributed by atoms with Gasteiger partial charge < -0.3 is 10.0 Å². The molecule has 5 heteroatoms. The van der Waals surface area contributed by atoms with Crippen molar-refractivity contribution in [3.05, 3.63) is 70.3 Å². The van der Waals surface area contributed by atoms with Crippen molar-refractivity contribution in [2.45, 2.75) is 20.3 Å². The van der Waals surface area contributed by atoms with Gasteiger partial charge in [0, 0.05) is 24.2 Å². The van der Waals surface area contributed by atoms with Crippen LogP contribution in [0.15, 0.2) is 42.5 Å². The molecule has 5 nitrogen and oxygen atoms in total. The monoisotopic (exact) mass is 351 g/mol. The van der Waals surface area contributed by atoms with Crippen molar-refractivity contribution in [2.24, 2.45) is 5.92 Å². The largest absolute Gasteiger partial charge is 0.481 e. The lowest BCUT2D eigenvalue weighted by Gasteiger charge is -2.18. The van der Waals surface area contributed by atoms with Gasteiger partial charge in [0.05, 0.1) is 11.5 Å². The molecule has 0 radical (unpaired) electrons. The molecule has 3 rings (SSSR count). The number of benzene rings is 2. The first-order valence-electron chi connectivity index (χ1n) is 8.61. The normalized spacial score (nSPS) is 16.5. The molecule has 0 spiro atoms. The van der Waals surface area contributed by atoms with Crippen molar-refractivity contribution >= 4 is 17.7 Å². The van der Waals surface area contributed by atoms with Gasteiger partial charge in [0.15, 0.2) is 5.78 Å². The molecule has 1 atom stereocenters. The van der Waals surface area contributed by atoms with Crippen LogP contribution in [-0.4, -0.2) is 40.8 Å². The Morgan fingerprint density at radius 2 is 1.69 bits per heavy atom. The first kappa shape index (κ1) is 17.9. The molecule has 2 aromatic carbocycles. The number of nitrogens with zero attached hydrogens (tertiary/aromatic N) is 1. The summed E-state index contributed by atoms with van der Waals surface area (Å²) in [7, 11) is 0. The zero-order valence-corrected chi connectivity index (χ0v) is 14.9. The third kappa shape index (κ3) is 3.38. The molecule has 1 amide bonds. The lowest BCUT2D eigenvalue weighted by Crippen LogP contribution is -2.31. The Bertz CT molecular complexity index is 887. The Balaban J connectivity index is 1.91. The van der Waals surface area contributed by atoms with Gasteiger partial charge in [0.25, 0.3) is 5.91 Å². The molecule has 0 aromatic heterocycles. The number of carbonyl (C=O) groups excluding carboxylic acids is 2. The Morgan fingerprint density at radius 1 is 1.00 bits per heavy atom. The summed E-state index contributed by atoms with van der Waals surface area (Å²) in [6.07, 6.45) is 0.439. The van der Waals surface area contributed by atoms with Gasteiger partial charge in [0.2, 0.25) is 0 Å². The minimum atomic E-state index is -0.889. The number of hydrogen-bond donors (Lipinski definition) is 1. The molecule has 2 aromatic rings. The average Bonchev–Trinajstić information content (AvgIpc) is 3.13. The quantitative estimate of drug-likeness (QED) is 0.859. The van der Waals surface area contributed by atoms with Gasteiger partial charge >= 0.3 is 5.97 Å². The molecular weight excluding hydrogens is 330 g/mol. The number of aliphatic carboxylic acids is 1. The first-order chi connectivity index (χ1) is 12.4. The molecule has 0 bridgehead atoms. The van der Waals surface area contributed by atoms with E-state index in [4.69, 9.17) is 5.11 Å². The maximum absolute atomic E-state index is 13.0. The fraction of sp³-hybridized carbons (Fsp3) is 0.286. The van der Waals surface area contributed by atoms with Crippen molar-refractivity contribution in [3.8, 4) is 0 Å². The molecule has 1 aliphatic rings. The molecular formula is C21H21NO4. The van der Waals surface area contributed by atoms with Crippen LogP contribution in [0.5, 0.6) is 0 Å². The molecule has 0 aliphatic carbocycles. The smallest absolute Gasteiger partial charge is 0.308 e. The van der Waals surface area contributed by atoms with Gasteiger partial charge in [-0.15, -0.1) is 0 Å². The van der Waals surface area contributed by atoms with Crippen LogP contribution in [0, 0.1) is 19.8 Å². The Kier molecular flexibility index (Phi) is 4.89. The van der Waals surface area contributed by atoms with Gasteiger partial charge in [0.1, 0.15) is 0 Å². The van der Waals surface area contributed by atoms with Crippen LogP contribution in [0.2, 0.25) is 0 Å². The SMILES string of the molecule is Cc1ccc(C(=O)c2ccccc2C(=O)N2CC[C@H](C(=O)O)C2)cc1C. The van der Waals surface area contributed by atoms with E-state index < -0.39 is 11.9 Å². The fourth-order valence-electron chi connectivity index (χ4n) is 3.22. The lowest BCUT2D eigenvalue weighted by molar-refractivity contribution is -0.141. The average molecular weight is 351 g/mol. The molecule has 0 unspecified atom stereocenters. The number of carbonyl (C=O) groups is 3. The highest BCUT2D eigenvalue weighted by atomic mass is 16.4. The van der Waals surface area contributed by atoms with Crippen LogP contribution in [0.4, 0.5) is 0 Å². The summed E-state index contributed by atoms with van der Waals surface area (Å²) in [5, 5.41) is 9.13. The minimum absolute atomic E-state index is 0.181. The Labute approximate surface area is 152 Å². The van der Waals surface area contributed by atoms with E-state index in [-0.39, 0.29) is 18.2 Å². The van der Waals surface area contributed by atoms with Crippen LogP contribution in [0.1, 0.15) is 43.8 Å². The van der Waals surface area contributed by atoms with Crippen molar-refractivity contribution in [1.29, 1.82) is 0 Å². The molecule has 134 valence electrons. The highest BCUT2D eigenvalue weighted by Crippen LogP contribution is 2.22. The molecule has 1 aliphatic heterocycles. The molecule has 1 fully saturated rings. The first-order valence-corrected chi connectivity index (χ1v) is 8.61. The van der Waals surface area contributed by atoms with E-state index in [0.29, 0.717) is 29.7 Å². The molecule has 0 saturated carbocycles.